The Kier molecular flexibility index (Phi) is 7.09. The first kappa shape index (κ1) is 14.6. The van der Waals surface area contributed by atoms with Crippen LogP contribution < -0.4 is 5.32 Å². The van der Waals surface area contributed by atoms with Crippen molar-refractivity contribution in [3.63, 3.8) is 0 Å². The van der Waals surface area contributed by atoms with Crippen LogP contribution in [-0.2, 0) is 11.3 Å². The molecule has 1 aromatic carbocycles. The van der Waals surface area contributed by atoms with E-state index in [1.54, 1.807) is 0 Å². The lowest BCUT2D eigenvalue weighted by molar-refractivity contribution is -0.119. The number of carbonyl (C=O) groups excluding carboxylic acids is 1. The van der Waals surface area contributed by atoms with Crippen LogP contribution in [0.15, 0.2) is 18.2 Å². The highest BCUT2D eigenvalue weighted by Gasteiger charge is 2.07. The molecule has 0 fully saturated rings. The van der Waals surface area contributed by atoms with Crippen molar-refractivity contribution in [2.24, 2.45) is 0 Å². The van der Waals surface area contributed by atoms with Crippen molar-refractivity contribution in [1.29, 1.82) is 0 Å². The summed E-state index contributed by atoms with van der Waals surface area (Å²) in [7, 11) is 0. The lowest BCUT2D eigenvalue weighted by Gasteiger charge is -2.04. The fourth-order valence-electron chi connectivity index (χ4n) is 0.914. The summed E-state index contributed by atoms with van der Waals surface area (Å²) in [6.07, 6.45) is 1.25. The molecule has 0 radical (unpaired) electrons. The van der Waals surface area contributed by atoms with Gasteiger partial charge >= 0.3 is 0 Å². The van der Waals surface area contributed by atoms with Crippen LogP contribution in [0.3, 0.4) is 0 Å². The average molecular weight is 229 g/mol. The molecule has 0 heterocycles. The van der Waals surface area contributed by atoms with E-state index in [2.05, 4.69) is 19.2 Å². The number of hydrogen-bond acceptors (Lipinski definition) is 1. The van der Waals surface area contributed by atoms with Gasteiger partial charge in [0, 0.05) is 19.0 Å². The summed E-state index contributed by atoms with van der Waals surface area (Å²) in [6, 6.07) is 3.59. The highest BCUT2D eigenvalue weighted by Crippen LogP contribution is 2.11. The van der Waals surface area contributed by atoms with Gasteiger partial charge in [-0.1, -0.05) is 26.3 Å². The van der Waals surface area contributed by atoms with Gasteiger partial charge in [0.2, 0.25) is 5.91 Å². The van der Waals surface area contributed by atoms with E-state index < -0.39 is 11.6 Å². The number of nitrogens with one attached hydrogen (secondary N) is 1. The third kappa shape index (κ3) is 5.44. The molecule has 2 nitrogen and oxygen atoms in total. The van der Waals surface area contributed by atoms with Crippen LogP contribution >= 0.6 is 0 Å². The Bertz CT molecular complexity index is 320. The molecule has 4 heteroatoms. The van der Waals surface area contributed by atoms with Crippen molar-refractivity contribution >= 4 is 5.91 Å². The van der Waals surface area contributed by atoms with Gasteiger partial charge in [0.25, 0.3) is 0 Å². The maximum Gasteiger partial charge on any atom is 0.217 e. The molecule has 0 saturated carbocycles. The van der Waals surface area contributed by atoms with Gasteiger partial charge in [-0.2, -0.15) is 0 Å². The molecule has 1 amide bonds. The van der Waals surface area contributed by atoms with Crippen molar-refractivity contribution in [3.05, 3.63) is 35.4 Å². The average Bonchev–Trinajstić information content (AvgIpc) is 2.17. The molecule has 1 aromatic rings. The van der Waals surface area contributed by atoms with E-state index in [0.717, 1.165) is 12.1 Å². The Morgan fingerprint density at radius 2 is 1.69 bits per heavy atom. The van der Waals surface area contributed by atoms with Crippen LogP contribution in [0.1, 0.15) is 32.8 Å². The monoisotopic (exact) mass is 229 g/mol. The second-order valence-corrected chi connectivity index (χ2v) is 3.32. The molecule has 90 valence electrons. The van der Waals surface area contributed by atoms with Crippen LogP contribution in [0.5, 0.6) is 0 Å². The molecule has 1 N–H and O–H groups in total. The lowest BCUT2D eigenvalue weighted by Crippen LogP contribution is -2.20. The third-order valence-corrected chi connectivity index (χ3v) is 1.58. The van der Waals surface area contributed by atoms with Crippen LogP contribution in [0, 0.1) is 11.6 Å². The van der Waals surface area contributed by atoms with E-state index in [1.807, 2.05) is 0 Å². The van der Waals surface area contributed by atoms with E-state index in [-0.39, 0.29) is 18.0 Å². The molecule has 0 aliphatic carbocycles. The molecular formula is C12H17F2NO. The van der Waals surface area contributed by atoms with Crippen molar-refractivity contribution < 1.29 is 13.6 Å². The number of rotatable bonds is 2. The number of benzene rings is 1. The highest BCUT2D eigenvalue weighted by atomic mass is 19.1. The van der Waals surface area contributed by atoms with Crippen molar-refractivity contribution in [1.82, 2.24) is 5.32 Å². The van der Waals surface area contributed by atoms with Crippen LogP contribution in [-0.4, -0.2) is 5.91 Å². The Hall–Kier alpha value is -1.45. The fraction of sp³-hybridized carbons (Fsp3) is 0.417. The first-order valence-electron chi connectivity index (χ1n) is 5.20. The first-order chi connectivity index (χ1) is 7.52. The van der Waals surface area contributed by atoms with E-state index in [9.17, 15) is 13.6 Å². The molecule has 0 aromatic heterocycles. The van der Waals surface area contributed by atoms with E-state index >= 15 is 0 Å². The molecule has 0 spiro atoms. The predicted molar refractivity (Wildman–Crippen MR) is 59.8 cm³/mol. The largest absolute Gasteiger partial charge is 0.352 e. The molecule has 16 heavy (non-hydrogen) atoms. The van der Waals surface area contributed by atoms with Crippen LogP contribution in [0.2, 0.25) is 0 Å². The number of amides is 1. The van der Waals surface area contributed by atoms with Gasteiger partial charge in [-0.05, 0) is 12.1 Å². The maximum absolute atomic E-state index is 12.9. The minimum Gasteiger partial charge on any atom is -0.352 e. The summed E-state index contributed by atoms with van der Waals surface area (Å²) in [6.45, 7) is 5.42. The van der Waals surface area contributed by atoms with Crippen molar-refractivity contribution in [2.75, 3.05) is 0 Å². The number of hydrogen-bond donors (Lipinski definition) is 1. The molecule has 0 atom stereocenters. The standard InChI is InChI=1S/C9H9F2NO.C3H8/c1-6(13)12-5-7-8(10)3-2-4-9(7)11;1-3-2/h2-4H,5H2,1H3,(H,12,13);3H2,1-2H3. The normalized spacial score (nSPS) is 9.06. The third-order valence-electron chi connectivity index (χ3n) is 1.58. The second kappa shape index (κ2) is 7.79. The van der Waals surface area contributed by atoms with Crippen molar-refractivity contribution in [3.8, 4) is 0 Å². The molecule has 0 saturated heterocycles. The number of carbonyl (C=O) groups is 1. The minimum absolute atomic E-state index is 0.113. The second-order valence-electron chi connectivity index (χ2n) is 3.32. The van der Waals surface area contributed by atoms with E-state index in [0.29, 0.717) is 0 Å². The zero-order valence-corrected chi connectivity index (χ0v) is 9.81. The summed E-state index contributed by atoms with van der Waals surface area (Å²) in [5.41, 5.74) is -0.113. The summed E-state index contributed by atoms with van der Waals surface area (Å²) in [5.74, 6) is -1.61. The van der Waals surface area contributed by atoms with Gasteiger partial charge in [-0.3, -0.25) is 4.79 Å². The molecule has 0 unspecified atom stereocenters. The molecular weight excluding hydrogens is 212 g/mol. The highest BCUT2D eigenvalue weighted by molar-refractivity contribution is 5.72. The Balaban J connectivity index is 0.000000673. The summed E-state index contributed by atoms with van der Waals surface area (Å²) < 4.78 is 25.8. The quantitative estimate of drug-likeness (QED) is 0.829. The van der Waals surface area contributed by atoms with Gasteiger partial charge in [0.1, 0.15) is 11.6 Å². The molecule has 0 aliphatic heterocycles. The zero-order valence-electron chi connectivity index (χ0n) is 9.81. The van der Waals surface area contributed by atoms with Gasteiger partial charge in [-0.25, -0.2) is 8.78 Å². The molecule has 0 bridgehead atoms. The number of halogens is 2. The van der Waals surface area contributed by atoms with Gasteiger partial charge in [0.15, 0.2) is 0 Å². The summed E-state index contributed by atoms with van der Waals surface area (Å²) in [4.78, 5) is 10.5. The first-order valence-corrected chi connectivity index (χ1v) is 5.20. The topological polar surface area (TPSA) is 29.1 Å². The smallest absolute Gasteiger partial charge is 0.217 e. The summed E-state index contributed by atoms with van der Waals surface area (Å²) in [5, 5.41) is 2.32. The van der Waals surface area contributed by atoms with Crippen molar-refractivity contribution in [2.45, 2.75) is 33.7 Å². The van der Waals surface area contributed by atoms with Gasteiger partial charge in [-0.15, -0.1) is 0 Å². The Morgan fingerprint density at radius 3 is 2.06 bits per heavy atom. The Morgan fingerprint density at radius 1 is 1.25 bits per heavy atom. The van der Waals surface area contributed by atoms with Crippen LogP contribution in [0.25, 0.3) is 0 Å². The van der Waals surface area contributed by atoms with Gasteiger partial charge in [0.05, 0.1) is 0 Å². The predicted octanol–water partition coefficient (Wildman–Crippen LogP) is 3.02. The van der Waals surface area contributed by atoms with Gasteiger partial charge < -0.3 is 5.32 Å². The molecule has 0 aliphatic rings. The zero-order chi connectivity index (χ0) is 12.6. The van der Waals surface area contributed by atoms with E-state index in [1.165, 1.54) is 19.4 Å². The maximum atomic E-state index is 12.9. The molecule has 1 rings (SSSR count). The summed E-state index contributed by atoms with van der Waals surface area (Å²) >= 11 is 0. The Labute approximate surface area is 94.7 Å². The lowest BCUT2D eigenvalue weighted by atomic mass is 10.2. The van der Waals surface area contributed by atoms with E-state index in [4.69, 9.17) is 0 Å². The minimum atomic E-state index is -0.645. The fourth-order valence-corrected chi connectivity index (χ4v) is 0.914. The van der Waals surface area contributed by atoms with Crippen LogP contribution in [0.4, 0.5) is 8.78 Å². The SMILES string of the molecule is CC(=O)NCc1c(F)cccc1F.CCC.